The van der Waals surface area contributed by atoms with Crippen molar-refractivity contribution in [1.29, 1.82) is 0 Å². The molecule has 0 spiro atoms. The number of thiophene rings is 1. The fourth-order valence-electron chi connectivity index (χ4n) is 2.87. The molecular formula is C19H17N3O3S. The Morgan fingerprint density at radius 2 is 1.85 bits per heavy atom. The first kappa shape index (κ1) is 16.5. The Hall–Kier alpha value is -2.93. The van der Waals surface area contributed by atoms with Crippen LogP contribution < -0.4 is 10.5 Å². The zero-order valence-corrected chi connectivity index (χ0v) is 15.2. The van der Waals surface area contributed by atoms with Gasteiger partial charge in [-0.3, -0.25) is 0 Å². The number of hydrogen-bond donors (Lipinski definition) is 0. The Labute approximate surface area is 153 Å². The summed E-state index contributed by atoms with van der Waals surface area (Å²) in [5.74, 6) is 0.559. The van der Waals surface area contributed by atoms with Crippen molar-refractivity contribution in [3.8, 4) is 22.2 Å². The number of aromatic nitrogens is 2. The second-order valence-corrected chi connectivity index (χ2v) is 6.68. The summed E-state index contributed by atoms with van der Waals surface area (Å²) < 4.78 is 11.2. The van der Waals surface area contributed by atoms with Gasteiger partial charge in [0.15, 0.2) is 0 Å². The van der Waals surface area contributed by atoms with Gasteiger partial charge in [-0.2, -0.15) is 0 Å². The van der Waals surface area contributed by atoms with Gasteiger partial charge in [0.05, 0.1) is 4.88 Å². The Morgan fingerprint density at radius 3 is 2.58 bits per heavy atom. The molecule has 0 amide bonds. The monoisotopic (exact) mass is 367 g/mol. The molecule has 0 aliphatic rings. The van der Waals surface area contributed by atoms with Gasteiger partial charge in [-0.05, 0) is 43.5 Å². The minimum atomic E-state index is -0.490. The molecule has 0 atom stereocenters. The van der Waals surface area contributed by atoms with E-state index in [-0.39, 0.29) is 11.5 Å². The molecule has 0 saturated heterocycles. The predicted octanol–water partition coefficient (Wildman–Crippen LogP) is 4.42. The first-order chi connectivity index (χ1) is 12.7. The predicted molar refractivity (Wildman–Crippen MR) is 103 cm³/mol. The van der Waals surface area contributed by atoms with Crippen LogP contribution >= 0.6 is 11.3 Å². The highest BCUT2D eigenvalue weighted by atomic mass is 32.1. The van der Waals surface area contributed by atoms with Crippen molar-refractivity contribution in [2.45, 2.75) is 13.8 Å². The summed E-state index contributed by atoms with van der Waals surface area (Å²) in [6.07, 6.45) is 0. The van der Waals surface area contributed by atoms with E-state index in [2.05, 4.69) is 28.9 Å². The lowest BCUT2D eigenvalue weighted by Crippen LogP contribution is -2.21. The van der Waals surface area contributed by atoms with Crippen molar-refractivity contribution in [2.75, 3.05) is 18.0 Å². The zero-order valence-electron chi connectivity index (χ0n) is 14.4. The van der Waals surface area contributed by atoms with Crippen molar-refractivity contribution >= 4 is 28.0 Å². The molecule has 4 rings (SSSR count). The molecule has 3 aromatic heterocycles. The van der Waals surface area contributed by atoms with Gasteiger partial charge in [-0.15, -0.1) is 21.5 Å². The van der Waals surface area contributed by atoms with E-state index in [1.807, 2.05) is 35.7 Å². The van der Waals surface area contributed by atoms with E-state index in [0.717, 1.165) is 29.0 Å². The molecule has 0 fully saturated rings. The molecule has 0 aliphatic carbocycles. The molecule has 0 radical (unpaired) electrons. The summed E-state index contributed by atoms with van der Waals surface area (Å²) >= 11 is 1.50. The van der Waals surface area contributed by atoms with E-state index in [9.17, 15) is 4.79 Å². The minimum Gasteiger partial charge on any atom is -0.422 e. The third-order valence-electron chi connectivity index (χ3n) is 4.24. The van der Waals surface area contributed by atoms with Crippen molar-refractivity contribution in [1.82, 2.24) is 10.2 Å². The molecule has 0 N–H and O–H groups in total. The van der Waals surface area contributed by atoms with Crippen molar-refractivity contribution in [2.24, 2.45) is 0 Å². The molecule has 0 bridgehead atoms. The van der Waals surface area contributed by atoms with Gasteiger partial charge >= 0.3 is 5.63 Å². The Balaban J connectivity index is 1.76. The molecule has 0 saturated carbocycles. The van der Waals surface area contributed by atoms with Gasteiger partial charge in [-0.25, -0.2) is 4.79 Å². The maximum absolute atomic E-state index is 12.4. The maximum atomic E-state index is 12.4. The van der Waals surface area contributed by atoms with Crippen LogP contribution in [0.4, 0.5) is 5.69 Å². The molecule has 3 heterocycles. The highest BCUT2D eigenvalue weighted by Crippen LogP contribution is 2.28. The summed E-state index contributed by atoms with van der Waals surface area (Å²) in [6, 6.07) is 11.4. The fourth-order valence-corrected chi connectivity index (χ4v) is 3.51. The highest BCUT2D eigenvalue weighted by Gasteiger charge is 2.16. The van der Waals surface area contributed by atoms with Gasteiger partial charge in [0.2, 0.25) is 0 Å². The number of benzene rings is 1. The lowest BCUT2D eigenvalue weighted by atomic mass is 10.1. The highest BCUT2D eigenvalue weighted by molar-refractivity contribution is 7.13. The van der Waals surface area contributed by atoms with Crippen LogP contribution in [-0.2, 0) is 0 Å². The summed E-state index contributed by atoms with van der Waals surface area (Å²) in [5.41, 5.74) is 1.34. The number of fused-ring (bicyclic) bond motifs is 1. The van der Waals surface area contributed by atoms with Crippen LogP contribution in [-0.4, -0.2) is 23.3 Å². The number of anilines is 1. The molecular weight excluding hydrogens is 350 g/mol. The molecule has 132 valence electrons. The van der Waals surface area contributed by atoms with E-state index >= 15 is 0 Å². The van der Waals surface area contributed by atoms with Crippen LogP contribution in [0.25, 0.3) is 33.2 Å². The van der Waals surface area contributed by atoms with E-state index in [4.69, 9.17) is 8.83 Å². The molecule has 1 aromatic carbocycles. The Kier molecular flexibility index (Phi) is 4.30. The first-order valence-corrected chi connectivity index (χ1v) is 9.28. The quantitative estimate of drug-likeness (QED) is 0.486. The average molecular weight is 367 g/mol. The van der Waals surface area contributed by atoms with Crippen LogP contribution in [0, 0.1) is 0 Å². The second kappa shape index (κ2) is 6.76. The van der Waals surface area contributed by atoms with Gasteiger partial charge in [0.1, 0.15) is 11.1 Å². The summed E-state index contributed by atoms with van der Waals surface area (Å²) in [6.45, 7) is 5.96. The van der Waals surface area contributed by atoms with Crippen LogP contribution in [0.15, 0.2) is 55.4 Å². The number of nitrogens with zero attached hydrogens (tertiary/aromatic N) is 3. The second-order valence-electron chi connectivity index (χ2n) is 5.73. The largest absolute Gasteiger partial charge is 0.422 e. The van der Waals surface area contributed by atoms with Crippen LogP contribution in [0.1, 0.15) is 13.8 Å². The van der Waals surface area contributed by atoms with E-state index in [1.54, 1.807) is 6.07 Å². The summed E-state index contributed by atoms with van der Waals surface area (Å²) in [5, 5.41) is 10.8. The van der Waals surface area contributed by atoms with Gasteiger partial charge < -0.3 is 13.7 Å². The standard InChI is InChI=1S/C19H17N3O3S/c1-3-22(4-2)13-8-7-12-10-14(19(23)24-15(12)11-13)17-20-21-18(25-17)16-6-5-9-26-16/h5-11H,3-4H2,1-2H3. The fraction of sp³-hybridized carbons (Fsp3) is 0.211. The molecule has 7 heteroatoms. The van der Waals surface area contributed by atoms with Crippen molar-refractivity contribution < 1.29 is 8.83 Å². The van der Waals surface area contributed by atoms with E-state index < -0.39 is 5.63 Å². The van der Waals surface area contributed by atoms with Crippen molar-refractivity contribution in [3.63, 3.8) is 0 Å². The van der Waals surface area contributed by atoms with Crippen LogP contribution in [0.2, 0.25) is 0 Å². The maximum Gasteiger partial charge on any atom is 0.349 e. The first-order valence-electron chi connectivity index (χ1n) is 8.40. The van der Waals surface area contributed by atoms with Crippen LogP contribution in [0.3, 0.4) is 0 Å². The summed E-state index contributed by atoms with van der Waals surface area (Å²) in [7, 11) is 0. The van der Waals surface area contributed by atoms with Crippen LogP contribution in [0.5, 0.6) is 0 Å². The zero-order chi connectivity index (χ0) is 18.1. The smallest absolute Gasteiger partial charge is 0.349 e. The van der Waals surface area contributed by atoms with Crippen molar-refractivity contribution in [3.05, 3.63) is 52.2 Å². The molecule has 4 aromatic rings. The normalized spacial score (nSPS) is 11.2. The molecule has 0 aliphatic heterocycles. The Morgan fingerprint density at radius 1 is 1.04 bits per heavy atom. The van der Waals surface area contributed by atoms with E-state index in [0.29, 0.717) is 11.5 Å². The van der Waals surface area contributed by atoms with Gasteiger partial charge in [0, 0.05) is 30.2 Å². The lowest BCUT2D eigenvalue weighted by Gasteiger charge is -2.20. The minimum absolute atomic E-state index is 0.164. The third kappa shape index (κ3) is 2.90. The van der Waals surface area contributed by atoms with E-state index in [1.165, 1.54) is 11.3 Å². The lowest BCUT2D eigenvalue weighted by molar-refractivity contribution is 0.547. The van der Waals surface area contributed by atoms with Gasteiger partial charge in [0.25, 0.3) is 11.8 Å². The average Bonchev–Trinajstić information content (AvgIpc) is 3.33. The topological polar surface area (TPSA) is 72.4 Å². The molecule has 26 heavy (non-hydrogen) atoms. The number of rotatable bonds is 5. The van der Waals surface area contributed by atoms with Gasteiger partial charge in [-0.1, -0.05) is 6.07 Å². The summed E-state index contributed by atoms with van der Waals surface area (Å²) in [4.78, 5) is 15.5. The molecule has 0 unspecified atom stereocenters. The Bertz CT molecular complexity index is 1090. The molecule has 6 nitrogen and oxygen atoms in total. The third-order valence-corrected chi connectivity index (χ3v) is 5.09. The number of hydrogen-bond acceptors (Lipinski definition) is 7. The SMILES string of the molecule is CCN(CC)c1ccc2cc(-c3nnc(-c4cccs4)o3)c(=O)oc2c1.